The van der Waals surface area contributed by atoms with E-state index in [1.165, 1.54) is 6.07 Å². The van der Waals surface area contributed by atoms with Gasteiger partial charge in [-0.05, 0) is 32.6 Å². The van der Waals surface area contributed by atoms with E-state index < -0.39 is 0 Å². The Bertz CT molecular complexity index is 532. The van der Waals surface area contributed by atoms with Crippen LogP contribution in [0.1, 0.15) is 13.8 Å². The van der Waals surface area contributed by atoms with Gasteiger partial charge < -0.3 is 20.0 Å². The highest BCUT2D eigenvalue weighted by atomic mass is 127. The number of benzene rings is 1. The second-order valence-electron chi connectivity index (χ2n) is 6.06. The Morgan fingerprint density at radius 1 is 1.20 bits per heavy atom. The van der Waals surface area contributed by atoms with Crippen molar-refractivity contribution in [1.29, 1.82) is 0 Å². The lowest BCUT2D eigenvalue weighted by Gasteiger charge is -2.37. The highest BCUT2D eigenvalue weighted by Gasteiger charge is 2.21. The minimum atomic E-state index is -0.144. The van der Waals surface area contributed by atoms with Crippen molar-refractivity contribution in [2.45, 2.75) is 13.8 Å². The summed E-state index contributed by atoms with van der Waals surface area (Å²) in [6.45, 7) is 11.2. The number of para-hydroxylation sites is 1. The van der Waals surface area contributed by atoms with Crippen LogP contribution in [0.4, 0.5) is 10.1 Å². The first-order valence-corrected chi connectivity index (χ1v) is 8.87. The Morgan fingerprint density at radius 3 is 2.48 bits per heavy atom. The quantitative estimate of drug-likeness (QED) is 0.400. The highest BCUT2D eigenvalue weighted by molar-refractivity contribution is 14.0. The van der Waals surface area contributed by atoms with Crippen molar-refractivity contribution < 1.29 is 4.39 Å². The second-order valence-corrected chi connectivity index (χ2v) is 6.06. The number of anilines is 1. The summed E-state index contributed by atoms with van der Waals surface area (Å²) in [5, 5.41) is 3.37. The highest BCUT2D eigenvalue weighted by Crippen LogP contribution is 2.20. The van der Waals surface area contributed by atoms with Gasteiger partial charge in [0.25, 0.3) is 0 Å². The second kappa shape index (κ2) is 11.5. The molecule has 1 aromatic rings. The number of nitrogens with zero attached hydrogens (tertiary/aromatic N) is 4. The zero-order valence-corrected chi connectivity index (χ0v) is 17.9. The van der Waals surface area contributed by atoms with Crippen molar-refractivity contribution >= 4 is 35.6 Å². The number of guanidine groups is 1. The van der Waals surface area contributed by atoms with Crippen molar-refractivity contribution in [3.63, 3.8) is 0 Å². The molecule has 25 heavy (non-hydrogen) atoms. The van der Waals surface area contributed by atoms with Gasteiger partial charge in [0.2, 0.25) is 0 Å². The van der Waals surface area contributed by atoms with Crippen molar-refractivity contribution in [1.82, 2.24) is 15.1 Å². The maximum atomic E-state index is 13.9. The molecular weight excluding hydrogens is 432 g/mol. The number of aliphatic imine (C=N–C) groups is 1. The third-order valence-electron chi connectivity index (χ3n) is 4.39. The molecule has 142 valence electrons. The molecule has 0 aliphatic carbocycles. The number of likely N-dealkylation sites (N-methyl/N-ethyl adjacent to an activating group) is 1. The van der Waals surface area contributed by atoms with Gasteiger partial charge in [0.1, 0.15) is 5.82 Å². The molecule has 0 unspecified atom stereocenters. The molecule has 0 atom stereocenters. The van der Waals surface area contributed by atoms with E-state index in [2.05, 4.69) is 40.9 Å². The molecule has 2 rings (SSSR count). The van der Waals surface area contributed by atoms with Crippen LogP contribution < -0.4 is 10.2 Å². The summed E-state index contributed by atoms with van der Waals surface area (Å²) < 4.78 is 13.9. The van der Waals surface area contributed by atoms with Crippen LogP contribution in [0.5, 0.6) is 0 Å². The average Bonchev–Trinajstić information content (AvgIpc) is 2.61. The molecular formula is C18H31FIN5. The lowest BCUT2D eigenvalue weighted by molar-refractivity contribution is 0.354. The van der Waals surface area contributed by atoms with Crippen LogP contribution in [-0.2, 0) is 0 Å². The first-order chi connectivity index (χ1) is 11.7. The predicted octanol–water partition coefficient (Wildman–Crippen LogP) is 2.48. The Balaban J connectivity index is 0.00000312. The van der Waals surface area contributed by atoms with Gasteiger partial charge in [0.05, 0.1) is 12.2 Å². The van der Waals surface area contributed by atoms with Crippen LogP contribution in [0, 0.1) is 5.82 Å². The summed E-state index contributed by atoms with van der Waals surface area (Å²) in [6, 6.07) is 7.00. The standard InChI is InChI=1S/C18H30FN5.HI/c1-4-20-18(21-10-11-22(3)5-2)24-14-12-23(13-15-24)17-9-7-6-8-16(17)19;/h6-9H,4-5,10-15H2,1-3H3,(H,20,21);1H. The third kappa shape index (κ3) is 6.62. The molecule has 5 nitrogen and oxygen atoms in total. The molecule has 0 aromatic heterocycles. The van der Waals surface area contributed by atoms with Gasteiger partial charge >= 0.3 is 0 Å². The maximum absolute atomic E-state index is 13.9. The summed E-state index contributed by atoms with van der Waals surface area (Å²) in [5.41, 5.74) is 0.698. The normalized spacial score (nSPS) is 15.3. The summed E-state index contributed by atoms with van der Waals surface area (Å²) >= 11 is 0. The van der Waals surface area contributed by atoms with Crippen LogP contribution >= 0.6 is 24.0 Å². The first kappa shape index (κ1) is 22.0. The van der Waals surface area contributed by atoms with Crippen LogP contribution in [-0.4, -0.2) is 75.2 Å². The SMILES string of the molecule is CCNC(=NCCN(C)CC)N1CCN(c2ccccc2F)CC1.I. The number of halogens is 2. The summed E-state index contributed by atoms with van der Waals surface area (Å²) in [7, 11) is 2.11. The van der Waals surface area contributed by atoms with E-state index in [0.29, 0.717) is 5.69 Å². The van der Waals surface area contributed by atoms with Crippen molar-refractivity contribution in [2.24, 2.45) is 4.99 Å². The van der Waals surface area contributed by atoms with Gasteiger partial charge in [-0.1, -0.05) is 19.1 Å². The summed E-state index contributed by atoms with van der Waals surface area (Å²) in [5.74, 6) is 0.823. The zero-order chi connectivity index (χ0) is 17.4. The van der Waals surface area contributed by atoms with Crippen molar-refractivity contribution in [2.75, 3.05) is 64.3 Å². The third-order valence-corrected chi connectivity index (χ3v) is 4.39. The van der Waals surface area contributed by atoms with E-state index in [0.717, 1.165) is 58.3 Å². The van der Waals surface area contributed by atoms with Gasteiger partial charge in [0.15, 0.2) is 5.96 Å². The van der Waals surface area contributed by atoms with E-state index in [-0.39, 0.29) is 29.8 Å². The van der Waals surface area contributed by atoms with E-state index in [1.54, 1.807) is 6.07 Å². The van der Waals surface area contributed by atoms with Gasteiger partial charge in [-0.2, -0.15) is 0 Å². The first-order valence-electron chi connectivity index (χ1n) is 8.87. The molecule has 1 aliphatic rings. The fourth-order valence-corrected chi connectivity index (χ4v) is 2.78. The van der Waals surface area contributed by atoms with E-state index in [4.69, 9.17) is 4.99 Å². The molecule has 0 spiro atoms. The minimum absolute atomic E-state index is 0. The Morgan fingerprint density at radius 2 is 1.88 bits per heavy atom. The summed E-state index contributed by atoms with van der Waals surface area (Å²) in [6.07, 6.45) is 0. The van der Waals surface area contributed by atoms with Crippen LogP contribution in [0.3, 0.4) is 0 Å². The number of piperazine rings is 1. The topological polar surface area (TPSA) is 34.1 Å². The van der Waals surface area contributed by atoms with Gasteiger partial charge in [-0.3, -0.25) is 4.99 Å². The Hall–Kier alpha value is -1.09. The number of hydrogen-bond donors (Lipinski definition) is 1. The molecule has 1 heterocycles. The molecule has 0 saturated carbocycles. The van der Waals surface area contributed by atoms with Crippen LogP contribution in [0.15, 0.2) is 29.3 Å². The van der Waals surface area contributed by atoms with Crippen molar-refractivity contribution in [3.8, 4) is 0 Å². The molecule has 1 fully saturated rings. The largest absolute Gasteiger partial charge is 0.366 e. The molecule has 0 radical (unpaired) electrons. The van der Waals surface area contributed by atoms with Crippen LogP contribution in [0.2, 0.25) is 0 Å². The molecule has 1 saturated heterocycles. The van der Waals surface area contributed by atoms with Gasteiger partial charge in [0, 0.05) is 39.3 Å². The van der Waals surface area contributed by atoms with E-state index in [9.17, 15) is 4.39 Å². The number of rotatable bonds is 6. The molecule has 1 N–H and O–H groups in total. The van der Waals surface area contributed by atoms with Crippen LogP contribution in [0.25, 0.3) is 0 Å². The fourth-order valence-electron chi connectivity index (χ4n) is 2.78. The maximum Gasteiger partial charge on any atom is 0.194 e. The zero-order valence-electron chi connectivity index (χ0n) is 15.5. The average molecular weight is 463 g/mol. The lowest BCUT2D eigenvalue weighted by atomic mass is 10.2. The summed E-state index contributed by atoms with van der Waals surface area (Å²) in [4.78, 5) is 11.4. The molecule has 0 bridgehead atoms. The smallest absolute Gasteiger partial charge is 0.194 e. The number of hydrogen-bond acceptors (Lipinski definition) is 3. The van der Waals surface area contributed by atoms with E-state index >= 15 is 0 Å². The minimum Gasteiger partial charge on any atom is -0.366 e. The fraction of sp³-hybridized carbons (Fsp3) is 0.611. The van der Waals surface area contributed by atoms with E-state index in [1.807, 2.05) is 12.1 Å². The predicted molar refractivity (Wildman–Crippen MR) is 115 cm³/mol. The van der Waals surface area contributed by atoms with Gasteiger partial charge in [-0.25, -0.2) is 4.39 Å². The lowest BCUT2D eigenvalue weighted by Crippen LogP contribution is -2.52. The molecule has 7 heteroatoms. The Labute approximate surface area is 168 Å². The molecule has 1 aromatic carbocycles. The molecule has 1 aliphatic heterocycles. The number of nitrogens with one attached hydrogen (secondary N) is 1. The molecule has 0 amide bonds. The van der Waals surface area contributed by atoms with Gasteiger partial charge in [-0.15, -0.1) is 24.0 Å². The Kier molecular flexibility index (Phi) is 10.1. The monoisotopic (exact) mass is 463 g/mol. The van der Waals surface area contributed by atoms with Crippen molar-refractivity contribution in [3.05, 3.63) is 30.1 Å².